The molecule has 0 fully saturated rings. The van der Waals surface area contributed by atoms with E-state index >= 15 is 0 Å². The van der Waals surface area contributed by atoms with Gasteiger partial charge in [-0.05, 0) is 18.2 Å². The van der Waals surface area contributed by atoms with Crippen molar-refractivity contribution in [3.63, 3.8) is 0 Å². The zero-order valence-electron chi connectivity index (χ0n) is 14.1. The topological polar surface area (TPSA) is 117 Å². The van der Waals surface area contributed by atoms with Crippen molar-refractivity contribution in [2.75, 3.05) is 6.54 Å². The van der Waals surface area contributed by atoms with E-state index in [1.165, 1.54) is 0 Å². The van der Waals surface area contributed by atoms with Crippen LogP contribution in [0, 0.1) is 5.82 Å². The number of benzene rings is 1. The first-order valence-corrected chi connectivity index (χ1v) is 7.55. The number of nitrogens with zero attached hydrogens (tertiary/aromatic N) is 2. The van der Waals surface area contributed by atoms with Crippen LogP contribution in [-0.4, -0.2) is 38.1 Å². The maximum Gasteiger partial charge on any atom is 0.416 e. The normalized spacial score (nSPS) is 11.2. The molecule has 8 nitrogen and oxygen atoms in total. The Balaban J connectivity index is 0.00000300. The van der Waals surface area contributed by atoms with Gasteiger partial charge in [-0.3, -0.25) is 19.5 Å². The van der Waals surface area contributed by atoms with E-state index in [0.717, 1.165) is 23.0 Å². The molecule has 29 heavy (non-hydrogen) atoms. The Bertz CT molecular complexity index is 1160. The molecule has 0 aliphatic heterocycles. The molecule has 0 atom stereocenters. The summed E-state index contributed by atoms with van der Waals surface area (Å²) in [5.41, 5.74) is -3.41. The molecule has 0 unspecified atom stereocenters. The van der Waals surface area contributed by atoms with Crippen LogP contribution in [0.25, 0.3) is 16.9 Å². The number of carboxylic acid groups (broad SMARTS) is 1. The Labute approximate surface area is 164 Å². The quantitative estimate of drug-likeness (QED) is 0.544. The van der Waals surface area contributed by atoms with E-state index < -0.39 is 47.0 Å². The van der Waals surface area contributed by atoms with Crippen molar-refractivity contribution in [2.45, 2.75) is 6.18 Å². The van der Waals surface area contributed by atoms with Crippen LogP contribution >= 0.6 is 12.4 Å². The number of fused-ring (bicyclic) bond motifs is 1. The fourth-order valence-corrected chi connectivity index (χ4v) is 2.57. The second-order valence-electron chi connectivity index (χ2n) is 5.62. The van der Waals surface area contributed by atoms with E-state index in [1.54, 1.807) is 0 Å². The van der Waals surface area contributed by atoms with E-state index in [-0.39, 0.29) is 29.3 Å². The highest BCUT2D eigenvalue weighted by molar-refractivity contribution is 6.01. The van der Waals surface area contributed by atoms with Gasteiger partial charge in [0.05, 0.1) is 11.3 Å². The van der Waals surface area contributed by atoms with Gasteiger partial charge in [-0.1, -0.05) is 0 Å². The van der Waals surface area contributed by atoms with Gasteiger partial charge in [0.15, 0.2) is 11.1 Å². The SMILES string of the molecule is Cl.O=C(O)CNC(=O)c1c(=O)cc(-c2cc(F)cc(C(F)(F)F)c2)n2[nH]cnc12. The standard InChI is InChI=1S/C16H10F4N4O4.ClH/c17-9-2-7(1-8(3-9)16(18,19)20)10-4-11(25)13(14-22-6-23-24(10)14)15(28)21-5-12(26)27;/h1-4,6H,5H2,(H,21,28)(H,22,23)(H,26,27);1H. The average Bonchev–Trinajstić information content (AvgIpc) is 3.06. The fourth-order valence-electron chi connectivity index (χ4n) is 2.57. The maximum absolute atomic E-state index is 13.7. The van der Waals surface area contributed by atoms with Gasteiger partial charge in [-0.25, -0.2) is 13.9 Å². The number of carbonyl (C=O) groups excluding carboxylic acids is 1. The lowest BCUT2D eigenvalue weighted by Gasteiger charge is -2.12. The van der Waals surface area contributed by atoms with Gasteiger partial charge in [0.2, 0.25) is 0 Å². The predicted molar refractivity (Wildman–Crippen MR) is 93.4 cm³/mol. The predicted octanol–water partition coefficient (Wildman–Crippen LogP) is 2.08. The molecule has 3 aromatic rings. The molecule has 0 spiro atoms. The number of rotatable bonds is 4. The van der Waals surface area contributed by atoms with Crippen molar-refractivity contribution in [1.82, 2.24) is 19.9 Å². The van der Waals surface area contributed by atoms with Gasteiger partial charge in [0, 0.05) is 11.6 Å². The smallest absolute Gasteiger partial charge is 0.416 e. The van der Waals surface area contributed by atoms with Gasteiger partial charge >= 0.3 is 12.1 Å². The summed E-state index contributed by atoms with van der Waals surface area (Å²) in [6.45, 7) is -0.755. The lowest BCUT2D eigenvalue weighted by Crippen LogP contribution is -2.33. The van der Waals surface area contributed by atoms with Gasteiger partial charge in [0.1, 0.15) is 24.3 Å². The first-order chi connectivity index (χ1) is 13.1. The number of amides is 1. The van der Waals surface area contributed by atoms with Crippen LogP contribution in [0.2, 0.25) is 0 Å². The lowest BCUT2D eigenvalue weighted by molar-refractivity contribution is -0.138. The number of halogens is 5. The largest absolute Gasteiger partial charge is 0.480 e. The molecule has 1 amide bonds. The Hall–Kier alpha value is -3.41. The highest BCUT2D eigenvalue weighted by Crippen LogP contribution is 2.33. The van der Waals surface area contributed by atoms with E-state index in [2.05, 4.69) is 10.1 Å². The molecule has 2 heterocycles. The third kappa shape index (κ3) is 4.37. The molecule has 2 aromatic heterocycles. The number of hydrogen-bond acceptors (Lipinski definition) is 4. The highest BCUT2D eigenvalue weighted by Gasteiger charge is 2.32. The Morgan fingerprint density at radius 1 is 1.21 bits per heavy atom. The Morgan fingerprint density at radius 2 is 1.90 bits per heavy atom. The minimum absolute atomic E-state index is 0. The van der Waals surface area contributed by atoms with Crippen molar-refractivity contribution < 1.29 is 32.3 Å². The molecule has 3 N–H and O–H groups in total. The number of pyridine rings is 1. The van der Waals surface area contributed by atoms with Crippen LogP contribution in [0.4, 0.5) is 17.6 Å². The Kier molecular flexibility index (Phi) is 5.97. The monoisotopic (exact) mass is 434 g/mol. The molecular formula is C16H11ClF4N4O4. The van der Waals surface area contributed by atoms with Crippen molar-refractivity contribution in [3.05, 3.63) is 57.8 Å². The van der Waals surface area contributed by atoms with Gasteiger partial charge in [-0.2, -0.15) is 13.2 Å². The Morgan fingerprint density at radius 3 is 2.52 bits per heavy atom. The summed E-state index contributed by atoms with van der Waals surface area (Å²) in [5, 5.41) is 13.1. The van der Waals surface area contributed by atoms with E-state index in [0.29, 0.717) is 12.1 Å². The van der Waals surface area contributed by atoms with Crippen LogP contribution < -0.4 is 10.7 Å². The zero-order chi connectivity index (χ0) is 20.6. The molecule has 0 radical (unpaired) electrons. The first-order valence-electron chi connectivity index (χ1n) is 7.55. The molecule has 0 bridgehead atoms. The average molecular weight is 435 g/mol. The molecule has 1 aromatic carbocycles. The lowest BCUT2D eigenvalue weighted by atomic mass is 10.1. The number of carboxylic acids is 1. The number of aromatic amines is 1. The number of aromatic nitrogens is 3. The molecule has 0 aliphatic carbocycles. The minimum Gasteiger partial charge on any atom is -0.480 e. The van der Waals surface area contributed by atoms with Crippen LogP contribution in [0.15, 0.2) is 35.4 Å². The molecule has 154 valence electrons. The van der Waals surface area contributed by atoms with Crippen LogP contribution in [0.1, 0.15) is 15.9 Å². The number of nitrogens with one attached hydrogen (secondary N) is 2. The third-order valence-corrected chi connectivity index (χ3v) is 3.71. The fraction of sp³-hybridized carbons (Fsp3) is 0.125. The van der Waals surface area contributed by atoms with Crippen molar-refractivity contribution in [2.24, 2.45) is 0 Å². The van der Waals surface area contributed by atoms with Gasteiger partial charge < -0.3 is 10.4 Å². The zero-order valence-corrected chi connectivity index (χ0v) is 14.9. The van der Waals surface area contributed by atoms with Crippen LogP contribution in [0.3, 0.4) is 0 Å². The highest BCUT2D eigenvalue weighted by atomic mass is 35.5. The second kappa shape index (κ2) is 7.91. The van der Waals surface area contributed by atoms with E-state index in [9.17, 15) is 31.9 Å². The third-order valence-electron chi connectivity index (χ3n) is 3.71. The van der Waals surface area contributed by atoms with Gasteiger partial charge in [0.25, 0.3) is 5.91 Å². The number of H-pyrrole nitrogens is 1. The van der Waals surface area contributed by atoms with Crippen LogP contribution in [0.5, 0.6) is 0 Å². The minimum atomic E-state index is -4.81. The summed E-state index contributed by atoms with van der Waals surface area (Å²) < 4.78 is 53.6. The van der Waals surface area contributed by atoms with E-state index in [1.807, 2.05) is 5.32 Å². The summed E-state index contributed by atoms with van der Waals surface area (Å²) in [5.74, 6) is -3.55. The van der Waals surface area contributed by atoms with Crippen molar-refractivity contribution >= 4 is 29.9 Å². The summed E-state index contributed by atoms with van der Waals surface area (Å²) in [6, 6.07) is 2.58. The summed E-state index contributed by atoms with van der Waals surface area (Å²) in [6.07, 6.45) is -3.75. The van der Waals surface area contributed by atoms with Gasteiger partial charge in [-0.15, -0.1) is 12.4 Å². The van der Waals surface area contributed by atoms with Crippen molar-refractivity contribution in [3.8, 4) is 11.3 Å². The number of alkyl halides is 3. The first kappa shape index (κ1) is 21.9. The van der Waals surface area contributed by atoms with Crippen LogP contribution in [-0.2, 0) is 11.0 Å². The van der Waals surface area contributed by atoms with Crippen molar-refractivity contribution in [1.29, 1.82) is 0 Å². The maximum atomic E-state index is 13.7. The molecule has 13 heteroatoms. The summed E-state index contributed by atoms with van der Waals surface area (Å²) in [4.78, 5) is 38.9. The van der Waals surface area contributed by atoms with E-state index in [4.69, 9.17) is 5.11 Å². The number of carbonyl (C=O) groups is 2. The summed E-state index contributed by atoms with van der Waals surface area (Å²) >= 11 is 0. The summed E-state index contributed by atoms with van der Waals surface area (Å²) in [7, 11) is 0. The molecule has 0 saturated heterocycles. The number of aliphatic carboxylic acids is 1. The molecular weight excluding hydrogens is 424 g/mol. The number of hydrogen-bond donors (Lipinski definition) is 3. The molecule has 3 rings (SSSR count). The second-order valence-corrected chi connectivity index (χ2v) is 5.62. The molecule has 0 saturated carbocycles. The molecule has 0 aliphatic rings.